The van der Waals surface area contributed by atoms with Crippen molar-refractivity contribution in [2.24, 2.45) is 0 Å². The van der Waals surface area contributed by atoms with Crippen LogP contribution in [-0.2, 0) is 15.0 Å². The van der Waals surface area contributed by atoms with Crippen molar-refractivity contribution in [3.05, 3.63) is 34.9 Å². The van der Waals surface area contributed by atoms with Gasteiger partial charge in [0, 0.05) is 12.1 Å². The summed E-state index contributed by atoms with van der Waals surface area (Å²) in [7, 11) is 3.15. The fraction of sp³-hybridized carbons (Fsp3) is 0.462. The van der Waals surface area contributed by atoms with Gasteiger partial charge in [-0.2, -0.15) is 0 Å². The fourth-order valence-electron chi connectivity index (χ4n) is 2.33. The molecule has 0 unspecified atom stereocenters. The van der Waals surface area contributed by atoms with E-state index >= 15 is 0 Å². The zero-order chi connectivity index (χ0) is 12.5. The van der Waals surface area contributed by atoms with Crippen molar-refractivity contribution in [3.63, 3.8) is 0 Å². The number of carbonyl (C=O) groups excluding carboxylic acids is 1. The molecule has 0 spiro atoms. The Hall–Kier alpha value is -1.06. The molecule has 0 atom stereocenters. The predicted molar refractivity (Wildman–Crippen MR) is 66.8 cm³/mol. The van der Waals surface area contributed by atoms with Crippen LogP contribution in [0, 0.1) is 0 Å². The summed E-state index contributed by atoms with van der Waals surface area (Å²) in [5.74, 6) is 0.00789. The van der Waals surface area contributed by atoms with E-state index in [2.05, 4.69) is 0 Å². The lowest BCUT2D eigenvalue weighted by atomic mass is 9.64. The molecule has 1 saturated carbocycles. The molecule has 1 fully saturated rings. The van der Waals surface area contributed by atoms with E-state index in [0.717, 1.165) is 24.8 Å². The van der Waals surface area contributed by atoms with Crippen LogP contribution >= 0.6 is 11.6 Å². The molecule has 0 saturated heterocycles. The molecule has 0 aromatic heterocycles. The molecule has 92 valence electrons. The van der Waals surface area contributed by atoms with Gasteiger partial charge < -0.3 is 0 Å². The van der Waals surface area contributed by atoms with Gasteiger partial charge in [0.05, 0.1) is 12.5 Å². The van der Waals surface area contributed by atoms with Gasteiger partial charge in [-0.25, -0.2) is 5.06 Å². The summed E-state index contributed by atoms with van der Waals surface area (Å²) in [6, 6.07) is 7.55. The average Bonchev–Trinajstić information content (AvgIpc) is 2.26. The van der Waals surface area contributed by atoms with Gasteiger partial charge in [-0.1, -0.05) is 30.2 Å². The van der Waals surface area contributed by atoms with Gasteiger partial charge >= 0.3 is 0 Å². The first-order valence-electron chi connectivity index (χ1n) is 5.68. The van der Waals surface area contributed by atoms with Gasteiger partial charge in [-0.05, 0) is 30.5 Å². The summed E-state index contributed by atoms with van der Waals surface area (Å²) in [5, 5.41) is 1.97. The topological polar surface area (TPSA) is 29.5 Å². The number of nitrogens with zero attached hydrogens (tertiary/aromatic N) is 1. The second-order valence-electron chi connectivity index (χ2n) is 4.43. The Morgan fingerprint density at radius 3 is 2.65 bits per heavy atom. The first-order valence-corrected chi connectivity index (χ1v) is 6.06. The lowest BCUT2D eigenvalue weighted by molar-refractivity contribution is -0.179. The standard InChI is InChI=1S/C13H16ClNO2/c1-15(17-2)12(16)13(7-4-8-13)10-5-3-6-11(14)9-10/h3,5-6,9H,4,7-8H2,1-2H3. The van der Waals surface area contributed by atoms with Crippen LogP contribution in [-0.4, -0.2) is 25.1 Å². The number of rotatable bonds is 3. The molecular weight excluding hydrogens is 238 g/mol. The summed E-state index contributed by atoms with van der Waals surface area (Å²) >= 11 is 5.99. The zero-order valence-electron chi connectivity index (χ0n) is 10.1. The number of likely N-dealkylation sites (N-methyl/N-ethyl adjacent to an activating group) is 1. The highest BCUT2D eigenvalue weighted by Gasteiger charge is 2.47. The molecule has 1 aromatic rings. The number of hydrogen-bond donors (Lipinski definition) is 0. The van der Waals surface area contributed by atoms with Crippen molar-refractivity contribution in [1.82, 2.24) is 5.06 Å². The van der Waals surface area contributed by atoms with Crippen LogP contribution in [0.2, 0.25) is 5.02 Å². The number of hydroxylamine groups is 2. The highest BCUT2D eigenvalue weighted by molar-refractivity contribution is 6.30. The molecular formula is C13H16ClNO2. The summed E-state index contributed by atoms with van der Waals surface area (Å²) in [6.45, 7) is 0. The fourth-order valence-corrected chi connectivity index (χ4v) is 2.52. The average molecular weight is 254 g/mol. The molecule has 17 heavy (non-hydrogen) atoms. The van der Waals surface area contributed by atoms with Gasteiger partial charge in [-0.15, -0.1) is 0 Å². The van der Waals surface area contributed by atoms with Crippen molar-refractivity contribution in [2.45, 2.75) is 24.7 Å². The first-order chi connectivity index (χ1) is 8.10. The van der Waals surface area contributed by atoms with Gasteiger partial charge in [0.1, 0.15) is 0 Å². The Morgan fingerprint density at radius 1 is 1.47 bits per heavy atom. The predicted octanol–water partition coefficient (Wildman–Crippen LogP) is 2.78. The number of benzene rings is 1. The summed E-state index contributed by atoms with van der Waals surface area (Å²) in [6.07, 6.45) is 2.79. The minimum atomic E-state index is -0.435. The molecule has 3 nitrogen and oxygen atoms in total. The third-order valence-electron chi connectivity index (χ3n) is 3.55. The number of carbonyl (C=O) groups is 1. The second-order valence-corrected chi connectivity index (χ2v) is 4.87. The van der Waals surface area contributed by atoms with Crippen molar-refractivity contribution in [1.29, 1.82) is 0 Å². The maximum atomic E-state index is 12.3. The van der Waals surface area contributed by atoms with Crippen molar-refractivity contribution in [3.8, 4) is 0 Å². The largest absolute Gasteiger partial charge is 0.275 e. The Kier molecular flexibility index (Phi) is 3.40. The third kappa shape index (κ3) is 2.05. The molecule has 0 aliphatic heterocycles. The zero-order valence-corrected chi connectivity index (χ0v) is 10.8. The van der Waals surface area contributed by atoms with Crippen LogP contribution in [0.15, 0.2) is 24.3 Å². The van der Waals surface area contributed by atoms with Crippen LogP contribution in [0.1, 0.15) is 24.8 Å². The summed E-state index contributed by atoms with van der Waals surface area (Å²) in [4.78, 5) is 17.3. The summed E-state index contributed by atoms with van der Waals surface area (Å²) < 4.78 is 0. The molecule has 4 heteroatoms. The molecule has 2 rings (SSSR count). The lowest BCUT2D eigenvalue weighted by Gasteiger charge is -2.42. The smallest absolute Gasteiger partial charge is 0.256 e. The van der Waals surface area contributed by atoms with Gasteiger partial charge in [0.25, 0.3) is 5.91 Å². The summed E-state index contributed by atoms with van der Waals surface area (Å²) in [5.41, 5.74) is 0.556. The minimum absolute atomic E-state index is 0.00789. The SMILES string of the molecule is CON(C)C(=O)C1(c2cccc(Cl)c2)CCC1. The molecule has 0 N–H and O–H groups in total. The lowest BCUT2D eigenvalue weighted by Crippen LogP contribution is -2.49. The Labute approximate surface area is 106 Å². The van der Waals surface area contributed by atoms with E-state index in [4.69, 9.17) is 16.4 Å². The van der Waals surface area contributed by atoms with E-state index in [1.165, 1.54) is 12.2 Å². The molecule has 1 aromatic carbocycles. The minimum Gasteiger partial charge on any atom is -0.275 e. The molecule has 1 aliphatic carbocycles. The molecule has 0 radical (unpaired) electrons. The normalized spacial score (nSPS) is 17.4. The highest BCUT2D eigenvalue weighted by atomic mass is 35.5. The van der Waals surface area contributed by atoms with Crippen LogP contribution in [0.4, 0.5) is 0 Å². The number of amides is 1. The number of halogens is 1. The van der Waals surface area contributed by atoms with Crippen LogP contribution in [0.3, 0.4) is 0 Å². The third-order valence-corrected chi connectivity index (χ3v) is 3.79. The van der Waals surface area contributed by atoms with Crippen molar-refractivity contribution < 1.29 is 9.63 Å². The Bertz CT molecular complexity index is 429. The van der Waals surface area contributed by atoms with Crippen LogP contribution in [0.5, 0.6) is 0 Å². The van der Waals surface area contributed by atoms with E-state index in [1.54, 1.807) is 7.05 Å². The van der Waals surface area contributed by atoms with E-state index in [1.807, 2.05) is 24.3 Å². The Balaban J connectivity index is 2.35. The monoisotopic (exact) mass is 253 g/mol. The highest BCUT2D eigenvalue weighted by Crippen LogP contribution is 2.45. The molecule has 0 bridgehead atoms. The van der Waals surface area contributed by atoms with Crippen molar-refractivity contribution >= 4 is 17.5 Å². The number of hydrogen-bond acceptors (Lipinski definition) is 2. The van der Waals surface area contributed by atoms with E-state index < -0.39 is 5.41 Å². The maximum Gasteiger partial charge on any atom is 0.256 e. The molecule has 1 aliphatic rings. The van der Waals surface area contributed by atoms with E-state index in [9.17, 15) is 4.79 Å². The molecule has 0 heterocycles. The van der Waals surface area contributed by atoms with Gasteiger partial charge in [0.15, 0.2) is 0 Å². The van der Waals surface area contributed by atoms with Gasteiger partial charge in [-0.3, -0.25) is 9.63 Å². The molecule has 1 amide bonds. The quantitative estimate of drug-likeness (QED) is 0.776. The van der Waals surface area contributed by atoms with Crippen molar-refractivity contribution in [2.75, 3.05) is 14.2 Å². The van der Waals surface area contributed by atoms with Crippen LogP contribution < -0.4 is 0 Å². The van der Waals surface area contributed by atoms with E-state index in [0.29, 0.717) is 5.02 Å². The Morgan fingerprint density at radius 2 is 2.18 bits per heavy atom. The van der Waals surface area contributed by atoms with E-state index in [-0.39, 0.29) is 5.91 Å². The second kappa shape index (κ2) is 4.67. The first kappa shape index (κ1) is 12.4. The van der Waals surface area contributed by atoms with Gasteiger partial charge in [0.2, 0.25) is 0 Å². The maximum absolute atomic E-state index is 12.3. The van der Waals surface area contributed by atoms with Crippen LogP contribution in [0.25, 0.3) is 0 Å².